The van der Waals surface area contributed by atoms with Crippen molar-refractivity contribution in [2.75, 3.05) is 18.5 Å². The normalized spacial score (nSPS) is 19.4. The Morgan fingerprint density at radius 2 is 2.19 bits per heavy atom. The predicted octanol–water partition coefficient (Wildman–Crippen LogP) is 3.00. The fourth-order valence-electron chi connectivity index (χ4n) is 2.07. The van der Waals surface area contributed by atoms with Gasteiger partial charge in [0.2, 0.25) is 0 Å². The highest BCUT2D eigenvalue weighted by Crippen LogP contribution is 2.41. The number of carbonyl (C=O) groups is 1. The third-order valence-corrected chi connectivity index (χ3v) is 3.41. The number of fused-ring (bicyclic) bond motifs is 1. The molecule has 0 aliphatic carbocycles. The number of aliphatic carboxylic acids is 1. The minimum Gasteiger partial charge on any atom is -0.481 e. The van der Waals surface area contributed by atoms with Crippen molar-refractivity contribution < 1.29 is 9.90 Å². The smallest absolute Gasteiger partial charge is 0.311 e. The van der Waals surface area contributed by atoms with Crippen LogP contribution in [0.4, 0.5) is 5.69 Å². The van der Waals surface area contributed by atoms with Gasteiger partial charge in [-0.25, -0.2) is 0 Å². The molecule has 0 fully saturated rings. The molecule has 86 valence electrons. The lowest BCUT2D eigenvalue weighted by atomic mass is 9.90. The first-order valence-corrected chi connectivity index (χ1v) is 5.69. The van der Waals surface area contributed by atoms with Gasteiger partial charge in [-0.3, -0.25) is 4.79 Å². The van der Waals surface area contributed by atoms with E-state index in [-0.39, 0.29) is 0 Å². The molecule has 1 aliphatic heterocycles. The van der Waals surface area contributed by atoms with E-state index in [0.29, 0.717) is 28.6 Å². The molecule has 1 aromatic carbocycles. The summed E-state index contributed by atoms with van der Waals surface area (Å²) in [6, 6.07) is 3.36. The summed E-state index contributed by atoms with van der Waals surface area (Å²) >= 11 is 12.0. The van der Waals surface area contributed by atoms with Crippen molar-refractivity contribution in [3.8, 4) is 0 Å². The van der Waals surface area contributed by atoms with Gasteiger partial charge >= 0.3 is 5.97 Å². The lowest BCUT2D eigenvalue weighted by Gasteiger charge is -2.32. The Morgan fingerprint density at radius 1 is 1.50 bits per heavy atom. The van der Waals surface area contributed by atoms with Crippen LogP contribution in [0.25, 0.3) is 0 Å². The first-order chi connectivity index (χ1) is 7.50. The zero-order chi connectivity index (χ0) is 11.9. The summed E-state index contributed by atoms with van der Waals surface area (Å²) in [5.41, 5.74) is 1.49. The van der Waals surface area contributed by atoms with Gasteiger partial charge in [0, 0.05) is 34.9 Å². The minimum absolute atomic E-state index is 0.432. The highest BCUT2D eigenvalue weighted by Gasteiger charge is 2.31. The first kappa shape index (κ1) is 11.6. The van der Waals surface area contributed by atoms with E-state index in [0.717, 1.165) is 5.69 Å². The maximum atomic E-state index is 11.2. The van der Waals surface area contributed by atoms with Gasteiger partial charge in [0.1, 0.15) is 0 Å². The van der Waals surface area contributed by atoms with E-state index in [2.05, 4.69) is 0 Å². The molecule has 2 rings (SSSR count). The molecule has 3 nitrogen and oxygen atoms in total. The Hall–Kier alpha value is -0.930. The van der Waals surface area contributed by atoms with Crippen LogP contribution < -0.4 is 4.90 Å². The fourth-order valence-corrected chi connectivity index (χ4v) is 2.68. The van der Waals surface area contributed by atoms with E-state index in [9.17, 15) is 4.79 Å². The minimum atomic E-state index is -0.835. The van der Waals surface area contributed by atoms with Crippen molar-refractivity contribution in [2.45, 2.75) is 12.3 Å². The summed E-state index contributed by atoms with van der Waals surface area (Å²) in [4.78, 5) is 13.1. The molecule has 1 aromatic rings. The summed E-state index contributed by atoms with van der Waals surface area (Å²) in [6.07, 6.45) is 0.570. The van der Waals surface area contributed by atoms with E-state index in [4.69, 9.17) is 28.3 Å². The molecule has 1 aliphatic rings. The summed E-state index contributed by atoms with van der Waals surface area (Å²) in [6.45, 7) is 0.695. The van der Waals surface area contributed by atoms with Crippen LogP contribution in [0.1, 0.15) is 17.9 Å². The van der Waals surface area contributed by atoms with Crippen LogP contribution in [-0.2, 0) is 4.79 Å². The first-order valence-electron chi connectivity index (χ1n) is 4.93. The van der Waals surface area contributed by atoms with E-state index < -0.39 is 11.9 Å². The topological polar surface area (TPSA) is 40.5 Å². The van der Waals surface area contributed by atoms with Gasteiger partial charge in [-0.15, -0.1) is 0 Å². The summed E-state index contributed by atoms with van der Waals surface area (Å²) in [7, 11) is 1.91. The second kappa shape index (κ2) is 4.15. The Labute approximate surface area is 104 Å². The van der Waals surface area contributed by atoms with Crippen molar-refractivity contribution in [3.63, 3.8) is 0 Å². The molecular formula is C11H11Cl2NO2. The molecule has 0 aromatic heterocycles. The number of carboxylic acid groups (broad SMARTS) is 1. The van der Waals surface area contributed by atoms with Gasteiger partial charge in [0.25, 0.3) is 0 Å². The molecule has 0 saturated heterocycles. The summed E-state index contributed by atoms with van der Waals surface area (Å²) < 4.78 is 0. The van der Waals surface area contributed by atoms with E-state index in [1.165, 1.54) is 0 Å². The average molecular weight is 260 g/mol. The number of carboxylic acids is 1. The number of hydrogen-bond donors (Lipinski definition) is 1. The summed E-state index contributed by atoms with van der Waals surface area (Å²) in [5.74, 6) is -1.37. The van der Waals surface area contributed by atoms with E-state index >= 15 is 0 Å². The third-order valence-electron chi connectivity index (χ3n) is 2.88. The number of halogens is 2. The second-order valence-corrected chi connectivity index (χ2v) is 4.77. The third kappa shape index (κ3) is 1.85. The highest BCUT2D eigenvalue weighted by molar-refractivity contribution is 6.36. The molecule has 1 atom stereocenters. The number of hydrogen-bond acceptors (Lipinski definition) is 2. The Morgan fingerprint density at radius 3 is 2.81 bits per heavy atom. The molecule has 0 spiro atoms. The molecule has 16 heavy (non-hydrogen) atoms. The monoisotopic (exact) mass is 259 g/mol. The van der Waals surface area contributed by atoms with Crippen molar-refractivity contribution in [1.29, 1.82) is 0 Å². The van der Waals surface area contributed by atoms with Crippen molar-refractivity contribution in [3.05, 3.63) is 27.7 Å². The Balaban J connectivity index is 2.61. The number of rotatable bonds is 1. The molecule has 0 saturated carbocycles. The molecule has 0 amide bonds. The number of benzene rings is 1. The van der Waals surface area contributed by atoms with Crippen molar-refractivity contribution >= 4 is 34.9 Å². The van der Waals surface area contributed by atoms with Gasteiger partial charge in [0.15, 0.2) is 0 Å². The fraction of sp³-hybridized carbons (Fsp3) is 0.364. The average Bonchev–Trinajstić information content (AvgIpc) is 2.19. The van der Waals surface area contributed by atoms with Gasteiger partial charge < -0.3 is 10.0 Å². The van der Waals surface area contributed by atoms with Gasteiger partial charge in [0.05, 0.1) is 5.92 Å². The lowest BCUT2D eigenvalue weighted by Crippen LogP contribution is -2.30. The molecule has 0 radical (unpaired) electrons. The quantitative estimate of drug-likeness (QED) is 0.843. The molecular weight excluding hydrogens is 249 g/mol. The number of anilines is 1. The second-order valence-electron chi connectivity index (χ2n) is 3.92. The highest BCUT2D eigenvalue weighted by atomic mass is 35.5. The van der Waals surface area contributed by atoms with Gasteiger partial charge in [-0.05, 0) is 18.6 Å². The zero-order valence-electron chi connectivity index (χ0n) is 8.70. The number of nitrogens with zero attached hydrogens (tertiary/aromatic N) is 1. The van der Waals surface area contributed by atoms with Crippen LogP contribution in [0.15, 0.2) is 12.1 Å². The summed E-state index contributed by atoms with van der Waals surface area (Å²) in [5, 5.41) is 10.1. The van der Waals surface area contributed by atoms with Gasteiger partial charge in [-0.2, -0.15) is 0 Å². The Kier molecular flexibility index (Phi) is 3.00. The van der Waals surface area contributed by atoms with Crippen LogP contribution in [0.2, 0.25) is 10.0 Å². The predicted molar refractivity (Wildman–Crippen MR) is 64.7 cm³/mol. The largest absolute Gasteiger partial charge is 0.481 e. The van der Waals surface area contributed by atoms with Crippen molar-refractivity contribution in [2.24, 2.45) is 0 Å². The van der Waals surface area contributed by atoms with Crippen LogP contribution >= 0.6 is 23.2 Å². The standard InChI is InChI=1S/C11H11Cl2NO2/c1-14-3-2-7(11(15)16)10-8(13)4-6(12)5-9(10)14/h4-5,7H,2-3H2,1H3,(H,15,16). The Bertz CT molecular complexity index is 448. The van der Waals surface area contributed by atoms with Crippen LogP contribution in [0.3, 0.4) is 0 Å². The zero-order valence-corrected chi connectivity index (χ0v) is 10.2. The maximum absolute atomic E-state index is 11.2. The van der Waals surface area contributed by atoms with Crippen LogP contribution in [0, 0.1) is 0 Å². The van der Waals surface area contributed by atoms with E-state index in [1.807, 2.05) is 11.9 Å². The van der Waals surface area contributed by atoms with Gasteiger partial charge in [-0.1, -0.05) is 23.2 Å². The lowest BCUT2D eigenvalue weighted by molar-refractivity contribution is -0.139. The molecule has 0 bridgehead atoms. The molecule has 1 N–H and O–H groups in total. The van der Waals surface area contributed by atoms with Crippen LogP contribution in [-0.4, -0.2) is 24.7 Å². The SMILES string of the molecule is CN1CCC(C(=O)O)c2c(Cl)cc(Cl)cc21. The van der Waals surface area contributed by atoms with Crippen LogP contribution in [0.5, 0.6) is 0 Å². The van der Waals surface area contributed by atoms with Crippen molar-refractivity contribution in [1.82, 2.24) is 0 Å². The molecule has 1 heterocycles. The molecule has 5 heteroatoms. The molecule has 1 unspecified atom stereocenters. The van der Waals surface area contributed by atoms with E-state index in [1.54, 1.807) is 12.1 Å². The maximum Gasteiger partial charge on any atom is 0.311 e.